The molecule has 0 fully saturated rings. The zero-order valence-corrected chi connectivity index (χ0v) is 16.3. The van der Waals surface area contributed by atoms with E-state index < -0.39 is 0 Å². The van der Waals surface area contributed by atoms with Crippen molar-refractivity contribution in [3.8, 4) is 0 Å². The number of aromatic nitrogens is 3. The highest BCUT2D eigenvalue weighted by Crippen LogP contribution is 2.20. The maximum Gasteiger partial charge on any atom is 0.269 e. The SMILES string of the molecule is Cn1cnnc1SCc1ccc(C(=O)NNC(=O)CCc2cccs2)cc1. The van der Waals surface area contributed by atoms with Gasteiger partial charge in [-0.05, 0) is 35.6 Å². The van der Waals surface area contributed by atoms with E-state index in [2.05, 4.69) is 21.0 Å². The molecule has 2 heterocycles. The molecule has 0 bridgehead atoms. The highest BCUT2D eigenvalue weighted by molar-refractivity contribution is 7.98. The fourth-order valence-electron chi connectivity index (χ4n) is 2.26. The van der Waals surface area contributed by atoms with Crippen LogP contribution in [0.15, 0.2) is 53.3 Å². The van der Waals surface area contributed by atoms with E-state index in [4.69, 9.17) is 0 Å². The lowest BCUT2D eigenvalue weighted by Crippen LogP contribution is -2.41. The van der Waals surface area contributed by atoms with Gasteiger partial charge in [-0.25, -0.2) is 0 Å². The number of hydrogen-bond acceptors (Lipinski definition) is 6. The first-order valence-corrected chi connectivity index (χ1v) is 10.2. The van der Waals surface area contributed by atoms with Crippen molar-refractivity contribution in [1.29, 1.82) is 0 Å². The molecule has 140 valence electrons. The van der Waals surface area contributed by atoms with Crippen LogP contribution < -0.4 is 10.9 Å². The Morgan fingerprint density at radius 1 is 1.19 bits per heavy atom. The molecular weight excluding hydrogens is 382 g/mol. The first-order chi connectivity index (χ1) is 13.1. The van der Waals surface area contributed by atoms with Crippen LogP contribution in [0.4, 0.5) is 0 Å². The van der Waals surface area contributed by atoms with Crippen LogP contribution in [-0.4, -0.2) is 26.6 Å². The molecule has 7 nitrogen and oxygen atoms in total. The van der Waals surface area contributed by atoms with Crippen LogP contribution in [0.3, 0.4) is 0 Å². The minimum absolute atomic E-state index is 0.214. The summed E-state index contributed by atoms with van der Waals surface area (Å²) in [6.07, 6.45) is 2.65. The van der Waals surface area contributed by atoms with E-state index in [0.717, 1.165) is 21.3 Å². The zero-order chi connectivity index (χ0) is 19.1. The van der Waals surface area contributed by atoms with Gasteiger partial charge in [0.15, 0.2) is 5.16 Å². The van der Waals surface area contributed by atoms with E-state index in [1.165, 1.54) is 0 Å². The van der Waals surface area contributed by atoms with Crippen molar-refractivity contribution in [3.05, 3.63) is 64.1 Å². The van der Waals surface area contributed by atoms with Crippen molar-refractivity contribution < 1.29 is 9.59 Å². The van der Waals surface area contributed by atoms with Crippen LogP contribution in [-0.2, 0) is 24.0 Å². The van der Waals surface area contributed by atoms with Gasteiger partial charge in [-0.2, -0.15) is 0 Å². The second kappa shape index (κ2) is 9.33. The molecule has 0 aliphatic heterocycles. The van der Waals surface area contributed by atoms with Crippen LogP contribution in [0.5, 0.6) is 0 Å². The molecule has 0 spiro atoms. The van der Waals surface area contributed by atoms with E-state index >= 15 is 0 Å². The van der Waals surface area contributed by atoms with Crippen molar-refractivity contribution in [2.24, 2.45) is 7.05 Å². The van der Waals surface area contributed by atoms with Gasteiger partial charge in [0.05, 0.1) is 0 Å². The monoisotopic (exact) mass is 401 g/mol. The van der Waals surface area contributed by atoms with E-state index in [1.807, 2.05) is 41.3 Å². The number of hydrazine groups is 1. The molecule has 0 saturated heterocycles. The Labute approximate surface area is 165 Å². The molecule has 0 saturated carbocycles. The predicted molar refractivity (Wildman–Crippen MR) is 105 cm³/mol. The Balaban J connectivity index is 1.43. The standard InChI is InChI=1S/C18H19N5O2S2/c1-23-12-19-22-18(23)27-11-13-4-6-14(7-5-13)17(25)21-20-16(24)9-8-15-3-2-10-26-15/h2-7,10,12H,8-9,11H2,1H3,(H,20,24)(H,21,25). The highest BCUT2D eigenvalue weighted by atomic mass is 32.2. The largest absolute Gasteiger partial charge is 0.312 e. The summed E-state index contributed by atoms with van der Waals surface area (Å²) in [5, 5.41) is 10.7. The summed E-state index contributed by atoms with van der Waals surface area (Å²) in [7, 11) is 1.89. The van der Waals surface area contributed by atoms with Gasteiger partial charge in [0, 0.05) is 29.7 Å². The predicted octanol–water partition coefficient (Wildman–Crippen LogP) is 2.56. The number of carbonyl (C=O) groups excluding carboxylic acids is 2. The van der Waals surface area contributed by atoms with Gasteiger partial charge in [-0.1, -0.05) is 30.0 Å². The Hall–Kier alpha value is -2.65. The minimum atomic E-state index is -0.341. The third kappa shape index (κ3) is 5.66. The molecule has 2 N–H and O–H groups in total. The zero-order valence-electron chi connectivity index (χ0n) is 14.7. The number of hydrogen-bond donors (Lipinski definition) is 2. The molecular formula is C18H19N5O2S2. The molecule has 0 aliphatic carbocycles. The van der Waals surface area contributed by atoms with Gasteiger partial charge in [-0.3, -0.25) is 20.4 Å². The fraction of sp³-hybridized carbons (Fsp3) is 0.222. The molecule has 0 radical (unpaired) electrons. The highest BCUT2D eigenvalue weighted by Gasteiger charge is 2.09. The number of nitrogens with one attached hydrogen (secondary N) is 2. The van der Waals surface area contributed by atoms with Crippen LogP contribution >= 0.6 is 23.1 Å². The molecule has 27 heavy (non-hydrogen) atoms. The summed E-state index contributed by atoms with van der Waals surface area (Å²) >= 11 is 3.19. The molecule has 1 aromatic carbocycles. The topological polar surface area (TPSA) is 88.9 Å². The molecule has 2 aromatic heterocycles. The van der Waals surface area contributed by atoms with Gasteiger partial charge in [0.25, 0.3) is 5.91 Å². The third-order valence-electron chi connectivity index (χ3n) is 3.75. The third-order valence-corrected chi connectivity index (χ3v) is 5.79. The number of carbonyl (C=O) groups is 2. The maximum absolute atomic E-state index is 12.1. The number of aryl methyl sites for hydroxylation is 2. The second-order valence-corrected chi connectivity index (χ2v) is 7.77. The van der Waals surface area contributed by atoms with Crippen molar-refractivity contribution in [1.82, 2.24) is 25.6 Å². The van der Waals surface area contributed by atoms with Gasteiger partial charge >= 0.3 is 0 Å². The van der Waals surface area contributed by atoms with E-state index in [-0.39, 0.29) is 11.8 Å². The number of thiophene rings is 1. The lowest BCUT2D eigenvalue weighted by atomic mass is 10.1. The second-order valence-electron chi connectivity index (χ2n) is 5.79. The lowest BCUT2D eigenvalue weighted by Gasteiger charge is -2.08. The quantitative estimate of drug-likeness (QED) is 0.469. The molecule has 0 unspecified atom stereocenters. The molecule has 0 atom stereocenters. The van der Waals surface area contributed by atoms with Crippen LogP contribution in [0.25, 0.3) is 0 Å². The Kier molecular flexibility index (Phi) is 6.61. The molecule has 3 rings (SSSR count). The van der Waals surface area contributed by atoms with Crippen molar-refractivity contribution in [2.75, 3.05) is 0 Å². The van der Waals surface area contributed by atoms with Crippen LogP contribution in [0, 0.1) is 0 Å². The Bertz CT molecular complexity index is 891. The van der Waals surface area contributed by atoms with Gasteiger partial charge in [0.1, 0.15) is 6.33 Å². The van der Waals surface area contributed by atoms with E-state index in [0.29, 0.717) is 18.4 Å². The summed E-state index contributed by atoms with van der Waals surface area (Å²) in [5.74, 6) is 0.175. The normalized spacial score (nSPS) is 10.6. The molecule has 9 heteroatoms. The van der Waals surface area contributed by atoms with Gasteiger partial charge in [-0.15, -0.1) is 21.5 Å². The minimum Gasteiger partial charge on any atom is -0.312 e. The van der Waals surface area contributed by atoms with Crippen molar-refractivity contribution >= 4 is 34.9 Å². The average Bonchev–Trinajstić information content (AvgIpc) is 3.35. The van der Waals surface area contributed by atoms with Crippen LogP contribution in [0.1, 0.15) is 27.2 Å². The van der Waals surface area contributed by atoms with Gasteiger partial charge < -0.3 is 4.57 Å². The Morgan fingerprint density at radius 3 is 2.67 bits per heavy atom. The van der Waals surface area contributed by atoms with Crippen LogP contribution in [0.2, 0.25) is 0 Å². The number of amides is 2. The number of nitrogens with zero attached hydrogens (tertiary/aromatic N) is 3. The van der Waals surface area contributed by atoms with E-state index in [9.17, 15) is 9.59 Å². The molecule has 2 amide bonds. The lowest BCUT2D eigenvalue weighted by molar-refractivity contribution is -0.121. The smallest absolute Gasteiger partial charge is 0.269 e. The summed E-state index contributed by atoms with van der Waals surface area (Å²) in [6, 6.07) is 11.2. The average molecular weight is 402 g/mol. The summed E-state index contributed by atoms with van der Waals surface area (Å²) in [6.45, 7) is 0. The summed E-state index contributed by atoms with van der Waals surface area (Å²) < 4.78 is 1.85. The van der Waals surface area contributed by atoms with Crippen molar-refractivity contribution in [2.45, 2.75) is 23.8 Å². The summed E-state index contributed by atoms with van der Waals surface area (Å²) in [5.41, 5.74) is 6.46. The molecule has 3 aromatic rings. The maximum atomic E-state index is 12.1. The Morgan fingerprint density at radius 2 is 2.00 bits per heavy atom. The van der Waals surface area contributed by atoms with Crippen molar-refractivity contribution in [3.63, 3.8) is 0 Å². The van der Waals surface area contributed by atoms with Gasteiger partial charge in [0.2, 0.25) is 5.91 Å². The molecule has 0 aliphatic rings. The number of rotatable bonds is 7. The summed E-state index contributed by atoms with van der Waals surface area (Å²) in [4.78, 5) is 25.1. The number of thioether (sulfide) groups is 1. The fourth-order valence-corrected chi connectivity index (χ4v) is 3.81. The first-order valence-electron chi connectivity index (χ1n) is 8.29. The number of benzene rings is 1. The first kappa shape index (κ1) is 19.1. The van der Waals surface area contributed by atoms with E-state index in [1.54, 1.807) is 41.6 Å².